The third kappa shape index (κ3) is 19.2. The number of aliphatic hydroxyl groups excluding tert-OH is 1. The molecule has 0 aliphatic carbocycles. The molecule has 430 valence electrons. The first-order chi connectivity index (χ1) is 37.1. The molecule has 10 atom stereocenters. The van der Waals surface area contributed by atoms with Gasteiger partial charge < -0.3 is 79.3 Å². The number of nitrogens with two attached hydrogens (primary N) is 2. The van der Waals surface area contributed by atoms with Gasteiger partial charge >= 0.3 is 11.9 Å². The number of hydrogen-bond donors (Lipinski definition) is 15. The number of fused-ring (bicyclic) bond motifs is 2. The number of carbonyl (C=O) groups excluding carboxylic acids is 9. The third-order valence-corrected chi connectivity index (χ3v) is 12.8. The largest absolute Gasteiger partial charge is 0.481 e. The molecule has 2 aromatic carbocycles. The predicted octanol–water partition coefficient (Wildman–Crippen LogP) is -1.02. The van der Waals surface area contributed by atoms with Crippen molar-refractivity contribution in [3.05, 3.63) is 72.1 Å². The highest BCUT2D eigenvalue weighted by molar-refractivity contribution is 5.99. The van der Waals surface area contributed by atoms with E-state index in [2.05, 4.69) is 52.5 Å². The molecule has 0 aliphatic heterocycles. The van der Waals surface area contributed by atoms with E-state index in [-0.39, 0.29) is 50.4 Å². The molecule has 9 amide bonds. The lowest BCUT2D eigenvalue weighted by Gasteiger charge is -2.27. The minimum atomic E-state index is -1.84. The molecule has 10 unspecified atom stereocenters. The number of carboxylic acids is 2. The maximum Gasteiger partial charge on any atom is 0.326 e. The number of aliphatic hydroxyl groups is 1. The Morgan fingerprint density at radius 3 is 1.29 bits per heavy atom. The fraction of sp³-hybridized carbons (Fsp3) is 0.491. The van der Waals surface area contributed by atoms with Crippen LogP contribution in [-0.2, 0) is 65.6 Å². The van der Waals surface area contributed by atoms with Gasteiger partial charge in [-0.2, -0.15) is 0 Å². The molecule has 0 saturated carbocycles. The quantitative estimate of drug-likeness (QED) is 0.0287. The monoisotopic (exact) mass is 1100 g/mol. The van der Waals surface area contributed by atoms with Crippen LogP contribution in [0.25, 0.3) is 21.8 Å². The number of para-hydroxylation sites is 2. The molecular weight excluding hydrogens is 1030 g/mol. The molecule has 4 rings (SSSR count). The van der Waals surface area contributed by atoms with Crippen LogP contribution in [0.3, 0.4) is 0 Å². The number of hydrogen-bond acceptors (Lipinski definition) is 13. The number of carbonyl (C=O) groups is 11. The van der Waals surface area contributed by atoms with Crippen molar-refractivity contribution in [3.63, 3.8) is 0 Å². The van der Waals surface area contributed by atoms with E-state index in [9.17, 15) is 68.1 Å². The van der Waals surface area contributed by atoms with E-state index in [4.69, 9.17) is 11.5 Å². The van der Waals surface area contributed by atoms with Crippen molar-refractivity contribution in [2.45, 2.75) is 154 Å². The van der Waals surface area contributed by atoms with Crippen molar-refractivity contribution in [1.82, 2.24) is 52.5 Å². The number of carboxylic acid groups (broad SMARTS) is 2. The van der Waals surface area contributed by atoms with Crippen LogP contribution in [0.1, 0.15) is 91.7 Å². The van der Waals surface area contributed by atoms with Crippen LogP contribution in [0.5, 0.6) is 0 Å². The summed E-state index contributed by atoms with van der Waals surface area (Å²) in [6, 6.07) is 1.05. The Balaban J connectivity index is 1.62. The first-order valence-electron chi connectivity index (χ1n) is 25.8. The molecule has 0 fully saturated rings. The van der Waals surface area contributed by atoms with Crippen molar-refractivity contribution in [1.29, 1.82) is 0 Å². The van der Waals surface area contributed by atoms with Crippen LogP contribution in [0, 0.1) is 11.8 Å². The van der Waals surface area contributed by atoms with E-state index in [1.165, 1.54) is 20.8 Å². The number of aliphatic carboxylic acids is 2. The summed E-state index contributed by atoms with van der Waals surface area (Å²) in [4.78, 5) is 152. The van der Waals surface area contributed by atoms with Crippen molar-refractivity contribution < 1.29 is 68.1 Å². The van der Waals surface area contributed by atoms with Crippen LogP contribution >= 0.6 is 0 Å². The van der Waals surface area contributed by atoms with Gasteiger partial charge in [0.05, 0.1) is 12.5 Å². The third-order valence-electron chi connectivity index (χ3n) is 12.8. The number of amides is 9. The summed E-state index contributed by atoms with van der Waals surface area (Å²) in [7, 11) is 0. The molecule has 26 nitrogen and oxygen atoms in total. The van der Waals surface area contributed by atoms with Gasteiger partial charge in [-0.1, -0.05) is 64.1 Å². The van der Waals surface area contributed by atoms with E-state index in [1.807, 2.05) is 0 Å². The number of aromatic nitrogens is 2. The van der Waals surface area contributed by atoms with Crippen LogP contribution in [0.4, 0.5) is 0 Å². The molecule has 4 aromatic rings. The Morgan fingerprint density at radius 2 is 0.861 bits per heavy atom. The van der Waals surface area contributed by atoms with Gasteiger partial charge in [0, 0.05) is 53.5 Å². The van der Waals surface area contributed by atoms with Crippen molar-refractivity contribution in [2.75, 3.05) is 0 Å². The maximum atomic E-state index is 14.4. The smallest absolute Gasteiger partial charge is 0.326 e. The zero-order valence-electron chi connectivity index (χ0n) is 45.1. The summed E-state index contributed by atoms with van der Waals surface area (Å²) in [5, 5.41) is 50.8. The predicted molar refractivity (Wildman–Crippen MR) is 288 cm³/mol. The average Bonchev–Trinajstić information content (AvgIpc) is 4.01. The lowest BCUT2D eigenvalue weighted by Crippen LogP contribution is -2.60. The summed E-state index contributed by atoms with van der Waals surface area (Å²) >= 11 is 0. The minimum Gasteiger partial charge on any atom is -0.481 e. The average molecular weight is 1100 g/mol. The van der Waals surface area contributed by atoms with E-state index < -0.39 is 132 Å². The lowest BCUT2D eigenvalue weighted by molar-refractivity contribution is -0.143. The maximum absolute atomic E-state index is 14.4. The standard InChI is InChI=1S/C53H74N12O14/c1-25(2)18-37(61-46(71)28(6)59-52(77)44(55)29(7)66)49(74)65-41(22-43(68)69)51(76)64-39(20-30-23-56-34-14-10-8-12-32(30)34)47(72)58-27(5)45(70)62-40(21-31-24-57-35-15-11-9-13-33(31)35)50(75)63-38(19-26(3)4)48(73)60-36(53(78)79)16-17-42(54)67/h8-15,23-29,36-41,44,56-57,66H,16-22,55H2,1-7H3,(H2,54,67)(H,58,72)(H,59,77)(H,60,73)(H,61,71)(H,62,70)(H,63,75)(H,64,76)(H,65,74)(H,68,69)(H,78,79). The molecule has 0 aliphatic rings. The van der Waals surface area contributed by atoms with Gasteiger partial charge in [-0.3, -0.25) is 47.9 Å². The first kappa shape index (κ1) is 63.1. The first-order valence-corrected chi connectivity index (χ1v) is 25.8. The van der Waals surface area contributed by atoms with Crippen molar-refractivity contribution in [3.8, 4) is 0 Å². The Labute approximate surface area is 455 Å². The minimum absolute atomic E-state index is 0.0105. The molecule has 2 heterocycles. The second-order valence-electron chi connectivity index (χ2n) is 20.4. The Hall–Kier alpha value is -8.39. The number of aromatic amines is 2. The lowest BCUT2D eigenvalue weighted by atomic mass is 10.00. The summed E-state index contributed by atoms with van der Waals surface area (Å²) in [6.45, 7) is 10.9. The van der Waals surface area contributed by atoms with E-state index in [0.29, 0.717) is 32.9 Å². The van der Waals surface area contributed by atoms with Gasteiger partial charge in [-0.15, -0.1) is 0 Å². The highest BCUT2D eigenvalue weighted by Gasteiger charge is 2.36. The molecule has 17 N–H and O–H groups in total. The van der Waals surface area contributed by atoms with Crippen LogP contribution in [0.15, 0.2) is 60.9 Å². The van der Waals surface area contributed by atoms with Gasteiger partial charge in [0.15, 0.2) is 0 Å². The number of primary amides is 1. The van der Waals surface area contributed by atoms with Gasteiger partial charge in [-0.25, -0.2) is 4.79 Å². The second kappa shape index (κ2) is 29.4. The Kier molecular flexibility index (Phi) is 23.5. The Bertz CT molecular complexity index is 2850. The molecule has 0 radical (unpaired) electrons. The summed E-state index contributed by atoms with van der Waals surface area (Å²) in [5.74, 6) is -11.6. The van der Waals surface area contributed by atoms with Crippen molar-refractivity contribution >= 4 is 86.9 Å². The highest BCUT2D eigenvalue weighted by Crippen LogP contribution is 2.21. The molecule has 0 bridgehead atoms. The topological polar surface area (TPSA) is 428 Å². The van der Waals surface area contributed by atoms with Crippen LogP contribution < -0.4 is 54.0 Å². The fourth-order valence-corrected chi connectivity index (χ4v) is 8.45. The molecule has 0 spiro atoms. The van der Waals surface area contributed by atoms with Gasteiger partial charge in [-0.05, 0) is 75.1 Å². The molecular formula is C53H74N12O14. The number of nitrogens with one attached hydrogen (secondary N) is 10. The Morgan fingerprint density at radius 1 is 0.494 bits per heavy atom. The summed E-state index contributed by atoms with van der Waals surface area (Å²) in [6.07, 6.45) is -0.0457. The summed E-state index contributed by atoms with van der Waals surface area (Å²) in [5.41, 5.74) is 13.4. The van der Waals surface area contributed by atoms with Crippen LogP contribution in [-0.4, -0.2) is 151 Å². The zero-order valence-corrected chi connectivity index (χ0v) is 45.1. The van der Waals surface area contributed by atoms with E-state index in [1.54, 1.807) is 88.6 Å². The van der Waals surface area contributed by atoms with Crippen LogP contribution in [0.2, 0.25) is 0 Å². The SMILES string of the molecule is CC(C)CC(NC(=O)C(C)NC(=O)C(N)C(C)O)C(=O)NC(CC(=O)O)C(=O)NC(Cc1c[nH]c2ccccc12)C(=O)NC(C)C(=O)NC(Cc1c[nH]c2ccccc12)C(=O)NC(CC(C)C)C(=O)NC(CCC(N)=O)C(=O)O. The molecule has 26 heteroatoms. The van der Waals surface area contributed by atoms with Gasteiger partial charge in [0.2, 0.25) is 53.2 Å². The van der Waals surface area contributed by atoms with Gasteiger partial charge in [0.25, 0.3) is 0 Å². The molecule has 2 aromatic heterocycles. The highest BCUT2D eigenvalue weighted by atomic mass is 16.4. The van der Waals surface area contributed by atoms with E-state index in [0.717, 1.165) is 0 Å². The van der Waals surface area contributed by atoms with Gasteiger partial charge in [0.1, 0.15) is 54.4 Å². The molecule has 79 heavy (non-hydrogen) atoms. The van der Waals surface area contributed by atoms with Crippen molar-refractivity contribution in [2.24, 2.45) is 23.3 Å². The zero-order chi connectivity index (χ0) is 58.8. The number of H-pyrrole nitrogens is 2. The normalized spacial score (nSPS) is 15.2. The van der Waals surface area contributed by atoms with E-state index >= 15 is 0 Å². The molecule has 0 saturated heterocycles. The number of benzene rings is 2. The second-order valence-corrected chi connectivity index (χ2v) is 20.4. The fourth-order valence-electron chi connectivity index (χ4n) is 8.45. The summed E-state index contributed by atoms with van der Waals surface area (Å²) < 4.78 is 0. The number of rotatable bonds is 31.